The number of benzene rings is 1. The molecule has 1 aliphatic carbocycles. The van der Waals surface area contributed by atoms with E-state index < -0.39 is 0 Å². The number of hydrogen-bond acceptors (Lipinski definition) is 5. The fourth-order valence-corrected chi connectivity index (χ4v) is 4.68. The van der Waals surface area contributed by atoms with Crippen molar-refractivity contribution >= 4 is 11.7 Å². The monoisotopic (exact) mass is 398 g/mol. The minimum Gasteiger partial charge on any atom is -0.497 e. The van der Waals surface area contributed by atoms with Gasteiger partial charge in [0.15, 0.2) is 0 Å². The maximum atomic E-state index is 12.8. The van der Waals surface area contributed by atoms with Crippen molar-refractivity contribution in [2.75, 3.05) is 32.6 Å². The Morgan fingerprint density at radius 3 is 2.72 bits per heavy atom. The summed E-state index contributed by atoms with van der Waals surface area (Å²) >= 11 is 0. The van der Waals surface area contributed by atoms with Crippen LogP contribution in [0.3, 0.4) is 0 Å². The van der Waals surface area contributed by atoms with Crippen LogP contribution < -0.4 is 14.8 Å². The van der Waals surface area contributed by atoms with Crippen molar-refractivity contribution in [3.63, 3.8) is 0 Å². The van der Waals surface area contributed by atoms with Crippen LogP contribution in [-0.4, -0.2) is 47.9 Å². The van der Waals surface area contributed by atoms with Gasteiger partial charge in [0.25, 0.3) is 0 Å². The number of likely N-dealkylation sites (tertiary alicyclic amines) is 1. The first kappa shape index (κ1) is 19.8. The molecule has 1 N–H and O–H groups in total. The number of carbonyl (C=O) groups is 1. The fourth-order valence-electron chi connectivity index (χ4n) is 4.68. The van der Waals surface area contributed by atoms with Crippen molar-refractivity contribution < 1.29 is 14.3 Å². The van der Waals surface area contributed by atoms with E-state index in [0.717, 1.165) is 55.1 Å². The number of nitrogens with one attached hydrogen (secondary N) is 1. The Bertz CT molecular complexity index is 844. The summed E-state index contributed by atoms with van der Waals surface area (Å²) in [5.41, 5.74) is 1.11. The van der Waals surface area contributed by atoms with Crippen molar-refractivity contribution in [2.24, 2.45) is 0 Å². The van der Waals surface area contributed by atoms with Gasteiger partial charge in [0.1, 0.15) is 17.3 Å². The number of amides is 1. The minimum absolute atomic E-state index is 0.00382. The lowest BCUT2D eigenvalue weighted by Crippen LogP contribution is -2.33. The summed E-state index contributed by atoms with van der Waals surface area (Å²) in [6.45, 7) is 1.25. The molecular formula is C22H30N4O3. The number of aromatic nitrogens is 2. The molecule has 0 spiro atoms. The van der Waals surface area contributed by atoms with Crippen LogP contribution in [0.4, 0.5) is 5.82 Å². The van der Waals surface area contributed by atoms with Gasteiger partial charge in [-0.2, -0.15) is 5.10 Å². The molecule has 1 aromatic heterocycles. The lowest BCUT2D eigenvalue weighted by molar-refractivity contribution is -0.117. The largest absolute Gasteiger partial charge is 0.497 e. The Balaban J connectivity index is 1.44. The van der Waals surface area contributed by atoms with Gasteiger partial charge in [0, 0.05) is 23.7 Å². The van der Waals surface area contributed by atoms with E-state index in [1.165, 1.54) is 12.8 Å². The predicted molar refractivity (Wildman–Crippen MR) is 111 cm³/mol. The summed E-state index contributed by atoms with van der Waals surface area (Å²) in [6, 6.07) is 8.38. The molecule has 1 atom stereocenters. The van der Waals surface area contributed by atoms with Gasteiger partial charge in [0.05, 0.1) is 33.0 Å². The van der Waals surface area contributed by atoms with Crippen LogP contribution in [0.15, 0.2) is 30.5 Å². The number of methoxy groups -OCH3 is 2. The predicted octanol–water partition coefficient (Wildman–Crippen LogP) is 3.79. The first-order chi connectivity index (χ1) is 14.2. The molecule has 2 aliphatic rings. The van der Waals surface area contributed by atoms with E-state index in [1.807, 2.05) is 28.9 Å². The molecule has 7 nitrogen and oxygen atoms in total. The maximum absolute atomic E-state index is 12.8. The molecule has 1 aromatic carbocycles. The second kappa shape index (κ2) is 8.86. The summed E-state index contributed by atoms with van der Waals surface area (Å²) < 4.78 is 12.9. The molecular weight excluding hydrogens is 368 g/mol. The Kier molecular flexibility index (Phi) is 6.04. The Hall–Kier alpha value is -2.54. The molecule has 0 radical (unpaired) electrons. The van der Waals surface area contributed by atoms with Crippen LogP contribution in [0.25, 0.3) is 0 Å². The molecule has 1 aliphatic heterocycles. The second-order valence-corrected chi connectivity index (χ2v) is 7.88. The third-order valence-corrected chi connectivity index (χ3v) is 6.12. The van der Waals surface area contributed by atoms with Gasteiger partial charge >= 0.3 is 0 Å². The minimum atomic E-state index is 0.00382. The molecule has 156 valence electrons. The molecule has 0 bridgehead atoms. The van der Waals surface area contributed by atoms with Gasteiger partial charge in [-0.25, -0.2) is 4.68 Å². The molecule has 1 saturated heterocycles. The maximum Gasteiger partial charge on any atom is 0.239 e. The zero-order chi connectivity index (χ0) is 20.2. The number of ether oxygens (including phenoxy) is 2. The van der Waals surface area contributed by atoms with E-state index in [9.17, 15) is 4.79 Å². The summed E-state index contributed by atoms with van der Waals surface area (Å²) in [5.74, 6) is 2.39. The fraction of sp³-hybridized carbons (Fsp3) is 0.545. The zero-order valence-corrected chi connectivity index (χ0v) is 17.3. The van der Waals surface area contributed by atoms with E-state index >= 15 is 0 Å². The van der Waals surface area contributed by atoms with Crippen molar-refractivity contribution in [1.82, 2.24) is 14.7 Å². The van der Waals surface area contributed by atoms with Crippen LogP contribution in [0, 0.1) is 0 Å². The molecule has 7 heteroatoms. The van der Waals surface area contributed by atoms with Gasteiger partial charge in [0.2, 0.25) is 5.91 Å². The van der Waals surface area contributed by atoms with Crippen molar-refractivity contribution in [1.29, 1.82) is 0 Å². The standard InChI is InChI=1S/C22H30N4O3/c1-28-17-9-10-18(20(14-17)29-2)19-8-5-13-25(19)15-22(27)24-21-11-12-23-26(21)16-6-3-4-7-16/h9-12,14,16,19H,3-8,13,15H2,1-2H3,(H,24,27)/t19-/m0/s1. The van der Waals surface area contributed by atoms with Crippen molar-refractivity contribution in [2.45, 2.75) is 50.6 Å². The van der Waals surface area contributed by atoms with Gasteiger partial charge < -0.3 is 14.8 Å². The highest BCUT2D eigenvalue weighted by molar-refractivity contribution is 5.91. The van der Waals surface area contributed by atoms with Gasteiger partial charge in [-0.1, -0.05) is 18.9 Å². The van der Waals surface area contributed by atoms with Crippen LogP contribution in [0.1, 0.15) is 56.2 Å². The highest BCUT2D eigenvalue weighted by Gasteiger charge is 2.30. The first-order valence-electron chi connectivity index (χ1n) is 10.5. The summed E-state index contributed by atoms with van der Waals surface area (Å²) in [6.07, 6.45) is 8.58. The molecule has 2 heterocycles. The second-order valence-electron chi connectivity index (χ2n) is 7.88. The highest BCUT2D eigenvalue weighted by Crippen LogP contribution is 2.38. The lowest BCUT2D eigenvalue weighted by atomic mass is 10.0. The van der Waals surface area contributed by atoms with Gasteiger partial charge in [-0.05, 0) is 38.3 Å². The average Bonchev–Trinajstić information content (AvgIpc) is 3.49. The molecule has 1 amide bonds. The molecule has 2 aromatic rings. The van der Waals surface area contributed by atoms with E-state index in [2.05, 4.69) is 15.3 Å². The first-order valence-corrected chi connectivity index (χ1v) is 10.5. The summed E-state index contributed by atoms with van der Waals surface area (Å²) in [7, 11) is 3.32. The van der Waals surface area contributed by atoms with E-state index in [4.69, 9.17) is 9.47 Å². The van der Waals surface area contributed by atoms with E-state index in [1.54, 1.807) is 20.4 Å². The topological polar surface area (TPSA) is 68.6 Å². The van der Waals surface area contributed by atoms with Crippen molar-refractivity contribution in [3.8, 4) is 11.5 Å². The Morgan fingerprint density at radius 2 is 1.97 bits per heavy atom. The lowest BCUT2D eigenvalue weighted by Gasteiger charge is -2.26. The van der Waals surface area contributed by atoms with Crippen LogP contribution in [0.5, 0.6) is 11.5 Å². The van der Waals surface area contributed by atoms with Crippen LogP contribution in [-0.2, 0) is 4.79 Å². The smallest absolute Gasteiger partial charge is 0.239 e. The van der Waals surface area contributed by atoms with E-state index in [0.29, 0.717) is 12.6 Å². The average molecular weight is 399 g/mol. The summed E-state index contributed by atoms with van der Waals surface area (Å²) in [5, 5.41) is 7.53. The molecule has 4 rings (SSSR count). The quantitative estimate of drug-likeness (QED) is 0.768. The molecule has 0 unspecified atom stereocenters. The molecule has 29 heavy (non-hydrogen) atoms. The third-order valence-electron chi connectivity index (χ3n) is 6.12. The molecule has 2 fully saturated rings. The highest BCUT2D eigenvalue weighted by atomic mass is 16.5. The zero-order valence-electron chi connectivity index (χ0n) is 17.3. The summed E-state index contributed by atoms with van der Waals surface area (Å²) in [4.78, 5) is 15.1. The number of rotatable bonds is 7. The third kappa shape index (κ3) is 4.24. The molecule has 1 saturated carbocycles. The number of carbonyl (C=O) groups excluding carboxylic acids is 1. The van der Waals surface area contributed by atoms with E-state index in [-0.39, 0.29) is 11.9 Å². The SMILES string of the molecule is COc1ccc([C@@H]2CCCN2CC(=O)Nc2ccnn2C2CCCC2)c(OC)c1. The number of anilines is 1. The van der Waals surface area contributed by atoms with Gasteiger partial charge in [-0.3, -0.25) is 9.69 Å². The van der Waals surface area contributed by atoms with Crippen LogP contribution in [0.2, 0.25) is 0 Å². The number of nitrogens with zero attached hydrogens (tertiary/aromatic N) is 3. The number of hydrogen-bond donors (Lipinski definition) is 1. The Labute approximate surface area is 172 Å². The van der Waals surface area contributed by atoms with Crippen LogP contribution >= 0.6 is 0 Å². The Morgan fingerprint density at radius 1 is 1.14 bits per heavy atom. The normalized spacial score (nSPS) is 20.1. The van der Waals surface area contributed by atoms with Gasteiger partial charge in [-0.15, -0.1) is 0 Å². The van der Waals surface area contributed by atoms with Crippen molar-refractivity contribution in [3.05, 3.63) is 36.0 Å².